The van der Waals surface area contributed by atoms with Gasteiger partial charge in [0.1, 0.15) is 23.4 Å². The van der Waals surface area contributed by atoms with Crippen LogP contribution in [0, 0.1) is 29.6 Å². The Labute approximate surface area is 230 Å². The molecule has 0 atom stereocenters. The van der Waals surface area contributed by atoms with E-state index in [1.165, 1.54) is 22.0 Å². The van der Waals surface area contributed by atoms with Gasteiger partial charge in [-0.15, -0.1) is 10.2 Å². The molecule has 0 spiro atoms. The predicted molar refractivity (Wildman–Crippen MR) is 150 cm³/mol. The molecule has 0 aliphatic carbocycles. The number of nitriles is 2. The van der Waals surface area contributed by atoms with Gasteiger partial charge in [0.15, 0.2) is 17.5 Å². The van der Waals surface area contributed by atoms with Crippen molar-refractivity contribution in [1.29, 1.82) is 10.5 Å². The highest BCUT2D eigenvalue weighted by atomic mass is 15.4. The Morgan fingerprint density at radius 2 is 1.60 bits per heavy atom. The molecule has 0 fully saturated rings. The zero-order valence-corrected chi connectivity index (χ0v) is 21.7. The van der Waals surface area contributed by atoms with E-state index in [0.29, 0.717) is 28.5 Å². The van der Waals surface area contributed by atoms with Crippen LogP contribution in [-0.2, 0) is 6.42 Å². The van der Waals surface area contributed by atoms with Crippen molar-refractivity contribution < 1.29 is 0 Å². The van der Waals surface area contributed by atoms with Crippen molar-refractivity contribution in [1.82, 2.24) is 24.7 Å². The normalized spacial score (nSPS) is 10.7. The molecule has 0 radical (unpaired) electrons. The lowest BCUT2D eigenvalue weighted by atomic mass is 10.0. The number of nitrogens with one attached hydrogen (secondary N) is 2. The van der Waals surface area contributed by atoms with Gasteiger partial charge in [-0.1, -0.05) is 42.5 Å². The number of rotatable bonds is 8. The van der Waals surface area contributed by atoms with Crippen LogP contribution in [0.4, 0.5) is 28.8 Å². The Bertz CT molecular complexity index is 1750. The summed E-state index contributed by atoms with van der Waals surface area (Å²) in [6.45, 7) is 1.77. The van der Waals surface area contributed by atoms with E-state index in [0.717, 1.165) is 12.1 Å². The van der Waals surface area contributed by atoms with Crippen LogP contribution in [0.2, 0.25) is 0 Å². The lowest BCUT2D eigenvalue weighted by Crippen LogP contribution is -2.04. The lowest BCUT2D eigenvalue weighted by molar-refractivity contribution is 0.803. The number of azo groups is 1. The van der Waals surface area contributed by atoms with Gasteiger partial charge in [0, 0.05) is 30.7 Å². The molecular weight excluding hydrogens is 502 g/mol. The lowest BCUT2D eigenvalue weighted by Gasteiger charge is -2.14. The minimum atomic E-state index is 0.159. The van der Waals surface area contributed by atoms with E-state index in [1.54, 1.807) is 32.4 Å². The van der Waals surface area contributed by atoms with Gasteiger partial charge in [-0.3, -0.25) is 0 Å². The summed E-state index contributed by atoms with van der Waals surface area (Å²) in [7, 11) is 1.71. The van der Waals surface area contributed by atoms with Crippen molar-refractivity contribution in [3.63, 3.8) is 0 Å². The van der Waals surface area contributed by atoms with Crippen LogP contribution in [0.1, 0.15) is 27.8 Å². The van der Waals surface area contributed by atoms with Crippen LogP contribution in [0.3, 0.4) is 0 Å². The van der Waals surface area contributed by atoms with Crippen LogP contribution in [0.25, 0.3) is 5.95 Å². The standard InChI is InChI=1S/C29H23N11/c1-19-24(17-31)26(36-23-11-9-21(10-12-23)15-20-7-4-3-5-8-20)37-27(32-2)25(19)38-39-28-22(16-30)18-35-40(28)29-33-13-6-14-34-29/h3-14,18H,15H2,1-2H3,(H2,32,36,37)/b39-38+. The van der Waals surface area contributed by atoms with Crippen molar-refractivity contribution >= 4 is 28.8 Å². The van der Waals surface area contributed by atoms with E-state index >= 15 is 0 Å². The smallest absolute Gasteiger partial charge is 0.252 e. The highest BCUT2D eigenvalue weighted by molar-refractivity contribution is 5.76. The molecular formula is C29H23N11. The maximum Gasteiger partial charge on any atom is 0.252 e. The fourth-order valence-corrected chi connectivity index (χ4v) is 4.05. The first kappa shape index (κ1) is 25.7. The van der Waals surface area contributed by atoms with Crippen molar-refractivity contribution in [2.75, 3.05) is 17.7 Å². The summed E-state index contributed by atoms with van der Waals surface area (Å²) in [5.41, 5.74) is 4.63. The summed E-state index contributed by atoms with van der Waals surface area (Å²) in [5.74, 6) is 1.20. The minimum absolute atomic E-state index is 0.159. The molecule has 2 N–H and O–H groups in total. The molecule has 11 heteroatoms. The third-order valence-electron chi connectivity index (χ3n) is 6.08. The predicted octanol–water partition coefficient (Wildman–Crippen LogP) is 5.90. The van der Waals surface area contributed by atoms with Crippen molar-refractivity contribution in [2.45, 2.75) is 13.3 Å². The maximum atomic E-state index is 10.0. The fourth-order valence-electron chi connectivity index (χ4n) is 4.05. The van der Waals surface area contributed by atoms with E-state index in [4.69, 9.17) is 0 Å². The van der Waals surface area contributed by atoms with Gasteiger partial charge < -0.3 is 10.6 Å². The van der Waals surface area contributed by atoms with Gasteiger partial charge in [0.05, 0.1) is 11.8 Å². The Morgan fingerprint density at radius 1 is 0.875 bits per heavy atom. The summed E-state index contributed by atoms with van der Waals surface area (Å²) in [5, 5.41) is 38.7. The van der Waals surface area contributed by atoms with E-state index in [-0.39, 0.29) is 17.3 Å². The van der Waals surface area contributed by atoms with E-state index < -0.39 is 0 Å². The largest absolute Gasteiger partial charge is 0.371 e. The number of hydrogen-bond acceptors (Lipinski definition) is 10. The summed E-state index contributed by atoms with van der Waals surface area (Å²) in [6.07, 6.45) is 5.32. The molecule has 0 amide bonds. The Morgan fingerprint density at radius 3 is 2.27 bits per heavy atom. The van der Waals surface area contributed by atoms with E-state index in [2.05, 4.69) is 65.2 Å². The number of nitrogens with zero attached hydrogens (tertiary/aromatic N) is 9. The first-order valence-electron chi connectivity index (χ1n) is 12.3. The fraction of sp³-hybridized carbons (Fsp3) is 0.103. The highest BCUT2D eigenvalue weighted by Crippen LogP contribution is 2.36. The number of hydrogen-bond donors (Lipinski definition) is 2. The molecule has 3 aromatic heterocycles. The molecule has 194 valence electrons. The molecule has 0 aliphatic rings. The molecule has 0 saturated carbocycles. The van der Waals surface area contributed by atoms with Crippen LogP contribution in [0.5, 0.6) is 0 Å². The van der Waals surface area contributed by atoms with Gasteiger partial charge >= 0.3 is 0 Å². The molecule has 40 heavy (non-hydrogen) atoms. The zero-order chi connectivity index (χ0) is 27.9. The average molecular weight is 526 g/mol. The molecule has 2 aromatic carbocycles. The number of benzene rings is 2. The average Bonchev–Trinajstić information content (AvgIpc) is 3.41. The molecule has 5 rings (SSSR count). The zero-order valence-electron chi connectivity index (χ0n) is 21.7. The second-order valence-electron chi connectivity index (χ2n) is 8.66. The maximum absolute atomic E-state index is 10.0. The minimum Gasteiger partial charge on any atom is -0.371 e. The number of anilines is 3. The van der Waals surface area contributed by atoms with Crippen molar-refractivity contribution in [2.24, 2.45) is 10.2 Å². The topological polar surface area (TPSA) is 153 Å². The van der Waals surface area contributed by atoms with Gasteiger partial charge in [0.2, 0.25) is 0 Å². The van der Waals surface area contributed by atoms with Gasteiger partial charge in [-0.25, -0.2) is 15.0 Å². The molecule has 0 aliphatic heterocycles. The highest BCUT2D eigenvalue weighted by Gasteiger charge is 2.19. The number of aromatic nitrogens is 5. The second-order valence-corrected chi connectivity index (χ2v) is 8.66. The van der Waals surface area contributed by atoms with Gasteiger partial charge in [0.25, 0.3) is 5.95 Å². The van der Waals surface area contributed by atoms with Crippen LogP contribution < -0.4 is 10.6 Å². The van der Waals surface area contributed by atoms with Gasteiger partial charge in [-0.2, -0.15) is 20.3 Å². The summed E-state index contributed by atoms with van der Waals surface area (Å²) in [4.78, 5) is 13.0. The van der Waals surface area contributed by atoms with Crippen LogP contribution in [0.15, 0.2) is 89.5 Å². The van der Waals surface area contributed by atoms with E-state index in [9.17, 15) is 10.5 Å². The Hall–Kier alpha value is -5.94. The van der Waals surface area contributed by atoms with Crippen molar-refractivity contribution in [3.8, 4) is 18.1 Å². The molecule has 11 nitrogen and oxygen atoms in total. The van der Waals surface area contributed by atoms with E-state index in [1.807, 2.05) is 42.5 Å². The summed E-state index contributed by atoms with van der Waals surface area (Å²) in [6, 6.07) is 24.2. The quantitative estimate of drug-likeness (QED) is 0.237. The Kier molecular flexibility index (Phi) is 7.47. The van der Waals surface area contributed by atoms with Crippen LogP contribution in [-0.4, -0.2) is 31.8 Å². The van der Waals surface area contributed by atoms with Gasteiger partial charge in [-0.05, 0) is 42.7 Å². The third-order valence-corrected chi connectivity index (χ3v) is 6.08. The third kappa shape index (κ3) is 5.35. The molecule has 5 aromatic rings. The molecule has 3 heterocycles. The molecule has 0 unspecified atom stereocenters. The second kappa shape index (κ2) is 11.6. The molecule has 0 bridgehead atoms. The summed E-state index contributed by atoms with van der Waals surface area (Å²) >= 11 is 0. The summed E-state index contributed by atoms with van der Waals surface area (Å²) < 4.78 is 1.33. The first-order valence-corrected chi connectivity index (χ1v) is 12.3. The van der Waals surface area contributed by atoms with Crippen molar-refractivity contribution in [3.05, 3.63) is 107 Å². The molecule has 0 saturated heterocycles. The number of pyridine rings is 1. The van der Waals surface area contributed by atoms with Crippen LogP contribution >= 0.6 is 0 Å². The SMILES string of the molecule is CNc1nc(Nc2ccc(Cc3ccccc3)cc2)c(C#N)c(C)c1/N=N/c1c(C#N)cnn1-c1ncccn1. The Balaban J connectivity index is 1.45. The monoisotopic (exact) mass is 525 g/mol. The first-order chi connectivity index (χ1) is 19.6.